The molecule has 1 amide bonds. The minimum absolute atomic E-state index is 0.0825. The van der Waals surface area contributed by atoms with Crippen LogP contribution >= 0.6 is 11.3 Å². The molecule has 2 aromatic rings. The van der Waals surface area contributed by atoms with Gasteiger partial charge in [-0.25, -0.2) is 8.42 Å². The van der Waals surface area contributed by atoms with Crippen LogP contribution in [0.15, 0.2) is 40.6 Å². The van der Waals surface area contributed by atoms with Crippen molar-refractivity contribution in [3.8, 4) is 0 Å². The van der Waals surface area contributed by atoms with Crippen LogP contribution in [0.5, 0.6) is 0 Å². The van der Waals surface area contributed by atoms with Crippen molar-refractivity contribution >= 4 is 33.0 Å². The maximum absolute atomic E-state index is 12.8. The molecule has 1 heterocycles. The summed E-state index contributed by atoms with van der Waals surface area (Å²) in [6.45, 7) is 6.82. The third-order valence-corrected chi connectivity index (χ3v) is 7.07. The first kappa shape index (κ1) is 20.4. The van der Waals surface area contributed by atoms with Crippen LogP contribution in [0.3, 0.4) is 0 Å². The number of hydrogen-bond acceptors (Lipinski definition) is 5. The number of carbonyl (C=O) groups is 1. The van der Waals surface area contributed by atoms with Gasteiger partial charge >= 0.3 is 0 Å². The summed E-state index contributed by atoms with van der Waals surface area (Å²) in [5, 5.41) is 7.79. The lowest BCUT2D eigenvalue weighted by molar-refractivity contribution is -0.119. The molecule has 0 unspecified atom stereocenters. The number of rotatable bonds is 9. The van der Waals surface area contributed by atoms with Gasteiger partial charge in [0.05, 0.1) is 18.0 Å². The number of sulfonamides is 1. The van der Waals surface area contributed by atoms with Gasteiger partial charge in [-0.15, -0.1) is 11.3 Å². The van der Waals surface area contributed by atoms with E-state index in [1.54, 1.807) is 36.5 Å². The molecule has 8 heteroatoms. The lowest BCUT2D eigenvalue weighted by Crippen LogP contribution is -2.31. The molecule has 0 aliphatic heterocycles. The smallest absolute Gasteiger partial charge is 0.243 e. The van der Waals surface area contributed by atoms with Gasteiger partial charge in [-0.3, -0.25) is 4.79 Å². The van der Waals surface area contributed by atoms with Gasteiger partial charge in [-0.2, -0.15) is 4.31 Å². The van der Waals surface area contributed by atoms with Crippen LogP contribution in [0.1, 0.15) is 24.3 Å². The van der Waals surface area contributed by atoms with Crippen molar-refractivity contribution in [1.29, 1.82) is 0 Å². The van der Waals surface area contributed by atoms with Crippen LogP contribution in [0.4, 0.5) is 5.69 Å². The normalized spacial score (nSPS) is 11.5. The summed E-state index contributed by atoms with van der Waals surface area (Å²) >= 11 is 1.59. The standard InChI is InChI=1S/C18H25N3O3S2/c1-4-21(5-2)26(23,24)17-11-15(9-8-14(17)3)19-13-18(22)20-12-16-7-6-10-25-16/h6-11,19H,4-5,12-13H2,1-3H3,(H,20,22). The molecular weight excluding hydrogens is 370 g/mol. The Bertz CT molecular complexity index is 829. The summed E-state index contributed by atoms with van der Waals surface area (Å²) in [7, 11) is -3.54. The van der Waals surface area contributed by atoms with E-state index >= 15 is 0 Å². The fraction of sp³-hybridized carbons (Fsp3) is 0.389. The summed E-state index contributed by atoms with van der Waals surface area (Å²) in [6.07, 6.45) is 0. The topological polar surface area (TPSA) is 78.5 Å². The fourth-order valence-electron chi connectivity index (χ4n) is 2.53. The van der Waals surface area contributed by atoms with Crippen molar-refractivity contribution in [3.63, 3.8) is 0 Å². The third kappa shape index (κ3) is 5.06. The third-order valence-electron chi connectivity index (χ3n) is 4.00. The highest BCUT2D eigenvalue weighted by atomic mass is 32.2. The molecule has 6 nitrogen and oxygen atoms in total. The molecule has 0 bridgehead atoms. The first-order valence-corrected chi connectivity index (χ1v) is 10.8. The van der Waals surface area contributed by atoms with Crippen molar-refractivity contribution in [3.05, 3.63) is 46.2 Å². The number of nitrogens with zero attached hydrogens (tertiary/aromatic N) is 1. The highest BCUT2D eigenvalue weighted by molar-refractivity contribution is 7.89. The fourth-order valence-corrected chi connectivity index (χ4v) is 4.89. The molecule has 0 atom stereocenters. The second-order valence-electron chi connectivity index (χ2n) is 5.78. The van der Waals surface area contributed by atoms with Crippen LogP contribution < -0.4 is 10.6 Å². The number of aryl methyl sites for hydroxylation is 1. The van der Waals surface area contributed by atoms with Gasteiger partial charge in [0.15, 0.2) is 0 Å². The van der Waals surface area contributed by atoms with Gasteiger partial charge < -0.3 is 10.6 Å². The quantitative estimate of drug-likeness (QED) is 0.684. The predicted octanol–water partition coefficient (Wildman–Crippen LogP) is 2.82. The molecule has 0 aliphatic carbocycles. The summed E-state index contributed by atoms with van der Waals surface area (Å²) in [5.41, 5.74) is 1.29. The van der Waals surface area contributed by atoms with Crippen LogP contribution in [0.2, 0.25) is 0 Å². The van der Waals surface area contributed by atoms with E-state index in [0.29, 0.717) is 30.9 Å². The Morgan fingerprint density at radius 3 is 2.54 bits per heavy atom. The highest BCUT2D eigenvalue weighted by Gasteiger charge is 2.23. The second kappa shape index (κ2) is 9.16. The van der Waals surface area contributed by atoms with Gasteiger partial charge in [0.25, 0.3) is 0 Å². The van der Waals surface area contributed by atoms with Crippen molar-refractivity contribution in [2.24, 2.45) is 0 Å². The summed E-state index contributed by atoms with van der Waals surface area (Å²) in [6, 6.07) is 9.03. The van der Waals surface area contributed by atoms with Crippen molar-refractivity contribution in [2.75, 3.05) is 25.0 Å². The lowest BCUT2D eigenvalue weighted by Gasteiger charge is -2.20. The van der Waals surface area contributed by atoms with Gasteiger partial charge in [0.1, 0.15) is 0 Å². The van der Waals surface area contributed by atoms with E-state index in [0.717, 1.165) is 4.88 Å². The molecule has 0 aliphatic rings. The molecule has 0 spiro atoms. The number of anilines is 1. The zero-order valence-electron chi connectivity index (χ0n) is 15.3. The number of nitrogens with one attached hydrogen (secondary N) is 2. The van der Waals surface area contributed by atoms with Gasteiger partial charge in [-0.05, 0) is 36.1 Å². The average molecular weight is 396 g/mol. The summed E-state index contributed by atoms with van der Waals surface area (Å²) in [5.74, 6) is -0.146. The summed E-state index contributed by atoms with van der Waals surface area (Å²) in [4.78, 5) is 13.3. The molecule has 2 N–H and O–H groups in total. The van der Waals surface area contributed by atoms with Gasteiger partial charge in [0.2, 0.25) is 15.9 Å². The lowest BCUT2D eigenvalue weighted by atomic mass is 10.2. The molecular formula is C18H25N3O3S2. The number of hydrogen-bond donors (Lipinski definition) is 2. The Labute approximate surface area is 159 Å². The van der Waals surface area contributed by atoms with Crippen molar-refractivity contribution in [1.82, 2.24) is 9.62 Å². The Kier molecular flexibility index (Phi) is 7.19. The predicted molar refractivity (Wildman–Crippen MR) is 106 cm³/mol. The highest BCUT2D eigenvalue weighted by Crippen LogP contribution is 2.23. The SMILES string of the molecule is CCN(CC)S(=O)(=O)c1cc(NCC(=O)NCc2cccs2)ccc1C. The van der Waals surface area contributed by atoms with Crippen molar-refractivity contribution < 1.29 is 13.2 Å². The average Bonchev–Trinajstić information content (AvgIpc) is 3.13. The largest absolute Gasteiger partial charge is 0.376 e. The second-order valence-corrected chi connectivity index (χ2v) is 8.72. The van der Waals surface area contributed by atoms with E-state index in [4.69, 9.17) is 0 Å². The Morgan fingerprint density at radius 1 is 1.19 bits per heavy atom. The van der Waals surface area contributed by atoms with Crippen LogP contribution in [-0.4, -0.2) is 38.3 Å². The van der Waals surface area contributed by atoms with Crippen LogP contribution in [0.25, 0.3) is 0 Å². The van der Waals surface area contributed by atoms with E-state index in [1.807, 2.05) is 31.4 Å². The minimum atomic E-state index is -3.54. The molecule has 0 saturated carbocycles. The molecule has 0 radical (unpaired) electrons. The van der Waals surface area contributed by atoms with E-state index in [9.17, 15) is 13.2 Å². The van der Waals surface area contributed by atoms with E-state index in [2.05, 4.69) is 10.6 Å². The molecule has 2 rings (SSSR count). The Morgan fingerprint density at radius 2 is 1.92 bits per heavy atom. The van der Waals surface area contributed by atoms with E-state index in [1.165, 1.54) is 4.31 Å². The molecule has 0 fully saturated rings. The minimum Gasteiger partial charge on any atom is -0.376 e. The zero-order chi connectivity index (χ0) is 19.2. The number of carbonyl (C=O) groups excluding carboxylic acids is 1. The van der Waals surface area contributed by atoms with Crippen LogP contribution in [0, 0.1) is 6.92 Å². The van der Waals surface area contributed by atoms with Gasteiger partial charge in [0, 0.05) is 23.7 Å². The van der Waals surface area contributed by atoms with E-state index in [-0.39, 0.29) is 17.3 Å². The van der Waals surface area contributed by atoms with Crippen molar-refractivity contribution in [2.45, 2.75) is 32.2 Å². The monoisotopic (exact) mass is 395 g/mol. The molecule has 26 heavy (non-hydrogen) atoms. The number of benzene rings is 1. The Hall–Kier alpha value is -1.90. The first-order chi connectivity index (χ1) is 12.4. The molecule has 0 saturated heterocycles. The molecule has 1 aromatic carbocycles. The van der Waals surface area contributed by atoms with Gasteiger partial charge in [-0.1, -0.05) is 26.0 Å². The number of thiophene rings is 1. The van der Waals surface area contributed by atoms with Crippen LogP contribution in [-0.2, 0) is 21.4 Å². The Balaban J connectivity index is 2.03. The first-order valence-electron chi connectivity index (χ1n) is 8.52. The molecule has 1 aromatic heterocycles. The molecule has 142 valence electrons. The maximum atomic E-state index is 12.8. The number of amides is 1. The zero-order valence-corrected chi connectivity index (χ0v) is 16.9. The maximum Gasteiger partial charge on any atom is 0.243 e. The van der Waals surface area contributed by atoms with E-state index < -0.39 is 10.0 Å². The summed E-state index contributed by atoms with van der Waals surface area (Å²) < 4.78 is 26.9.